The zero-order valence-electron chi connectivity index (χ0n) is 12.3. The highest BCUT2D eigenvalue weighted by Crippen LogP contribution is 2.40. The highest BCUT2D eigenvalue weighted by molar-refractivity contribution is 5.75. The van der Waals surface area contributed by atoms with Crippen molar-refractivity contribution in [2.45, 2.75) is 0 Å². The van der Waals surface area contributed by atoms with Gasteiger partial charge in [0.2, 0.25) is 0 Å². The van der Waals surface area contributed by atoms with E-state index in [-0.39, 0.29) is 0 Å². The predicted molar refractivity (Wildman–Crippen MR) is 80.3 cm³/mol. The van der Waals surface area contributed by atoms with E-state index < -0.39 is 0 Å². The van der Waals surface area contributed by atoms with Crippen LogP contribution >= 0.6 is 0 Å². The molecule has 1 aromatic carbocycles. The van der Waals surface area contributed by atoms with Crippen molar-refractivity contribution in [2.24, 2.45) is 0 Å². The molecule has 0 amide bonds. The smallest absolute Gasteiger partial charge is 0.143 e. The van der Waals surface area contributed by atoms with Crippen molar-refractivity contribution in [3.05, 3.63) is 30.5 Å². The van der Waals surface area contributed by atoms with E-state index in [0.29, 0.717) is 0 Å². The van der Waals surface area contributed by atoms with Gasteiger partial charge in [0.25, 0.3) is 0 Å². The highest BCUT2D eigenvalue weighted by Gasteiger charge is 2.20. The minimum absolute atomic E-state index is 0.728. The van der Waals surface area contributed by atoms with Crippen molar-refractivity contribution in [3.63, 3.8) is 0 Å². The molecule has 112 valence electrons. The third-order valence-corrected chi connectivity index (χ3v) is 3.64. The number of ether oxygens (including phenoxy) is 3. The number of furan rings is 1. The number of methoxy groups -OCH3 is 2. The number of benzene rings is 1. The lowest BCUT2D eigenvalue weighted by molar-refractivity contribution is 0.122. The molecule has 0 saturated carbocycles. The summed E-state index contributed by atoms with van der Waals surface area (Å²) in [5.41, 5.74) is 1.91. The fraction of sp³-hybridized carbons (Fsp3) is 0.375. The Hall–Kier alpha value is -2.14. The summed E-state index contributed by atoms with van der Waals surface area (Å²) in [5.74, 6) is 2.34. The molecule has 1 aliphatic heterocycles. The zero-order valence-corrected chi connectivity index (χ0v) is 12.3. The Morgan fingerprint density at radius 2 is 1.81 bits per heavy atom. The van der Waals surface area contributed by atoms with E-state index in [0.717, 1.165) is 54.8 Å². The predicted octanol–water partition coefficient (Wildman–Crippen LogP) is 2.80. The van der Waals surface area contributed by atoms with Crippen LogP contribution in [0.1, 0.15) is 0 Å². The van der Waals surface area contributed by atoms with Crippen LogP contribution in [0.2, 0.25) is 0 Å². The molecule has 0 aliphatic carbocycles. The Labute approximate surface area is 124 Å². The van der Waals surface area contributed by atoms with Crippen LogP contribution in [-0.2, 0) is 4.74 Å². The molecule has 5 heteroatoms. The number of morpholine rings is 1. The molecular formula is C16H19NO4. The number of hydrogen-bond acceptors (Lipinski definition) is 5. The Kier molecular flexibility index (Phi) is 4.01. The van der Waals surface area contributed by atoms with Crippen LogP contribution in [0.3, 0.4) is 0 Å². The molecule has 1 aliphatic rings. The van der Waals surface area contributed by atoms with Gasteiger partial charge in [0.05, 0.1) is 44.9 Å². The second-order valence-electron chi connectivity index (χ2n) is 4.80. The summed E-state index contributed by atoms with van der Waals surface area (Å²) < 4.78 is 22.0. The molecule has 0 radical (unpaired) electrons. The summed E-state index contributed by atoms with van der Waals surface area (Å²) in [6.07, 6.45) is 1.65. The van der Waals surface area contributed by atoms with Crippen molar-refractivity contribution in [2.75, 3.05) is 45.4 Å². The SMILES string of the molecule is COc1cc(N2CCOCC2)c(OC)cc1-c1ccco1. The normalized spacial score (nSPS) is 15.0. The summed E-state index contributed by atoms with van der Waals surface area (Å²) in [7, 11) is 3.34. The fourth-order valence-corrected chi connectivity index (χ4v) is 2.56. The van der Waals surface area contributed by atoms with Crippen LogP contribution in [0.25, 0.3) is 11.3 Å². The summed E-state index contributed by atoms with van der Waals surface area (Å²) in [4.78, 5) is 2.25. The van der Waals surface area contributed by atoms with Gasteiger partial charge in [0, 0.05) is 19.2 Å². The molecule has 21 heavy (non-hydrogen) atoms. The minimum atomic E-state index is 0.728. The lowest BCUT2D eigenvalue weighted by Gasteiger charge is -2.30. The van der Waals surface area contributed by atoms with Gasteiger partial charge in [-0.05, 0) is 18.2 Å². The highest BCUT2D eigenvalue weighted by atomic mass is 16.5. The van der Waals surface area contributed by atoms with Crippen molar-refractivity contribution in [1.29, 1.82) is 0 Å². The monoisotopic (exact) mass is 289 g/mol. The van der Waals surface area contributed by atoms with Gasteiger partial charge in [-0.3, -0.25) is 0 Å². The maximum absolute atomic E-state index is 5.56. The maximum atomic E-state index is 5.56. The standard InChI is InChI=1S/C16H19NO4/c1-18-15-11-13(17-5-8-20-9-6-17)16(19-2)10-12(15)14-4-3-7-21-14/h3-4,7,10-11H,5-6,8-9H2,1-2H3. The first-order valence-electron chi connectivity index (χ1n) is 6.96. The van der Waals surface area contributed by atoms with E-state index in [1.807, 2.05) is 24.3 Å². The lowest BCUT2D eigenvalue weighted by Crippen LogP contribution is -2.36. The van der Waals surface area contributed by atoms with E-state index in [9.17, 15) is 0 Å². The van der Waals surface area contributed by atoms with Crippen molar-refractivity contribution in [1.82, 2.24) is 0 Å². The van der Waals surface area contributed by atoms with E-state index in [1.54, 1.807) is 20.5 Å². The van der Waals surface area contributed by atoms with Gasteiger partial charge < -0.3 is 23.5 Å². The van der Waals surface area contributed by atoms with Crippen molar-refractivity contribution in [3.8, 4) is 22.8 Å². The Bertz CT molecular complexity index is 589. The van der Waals surface area contributed by atoms with Crippen LogP contribution in [0.4, 0.5) is 5.69 Å². The van der Waals surface area contributed by atoms with Crippen LogP contribution in [0.5, 0.6) is 11.5 Å². The van der Waals surface area contributed by atoms with Gasteiger partial charge >= 0.3 is 0 Å². The summed E-state index contributed by atoms with van der Waals surface area (Å²) in [6, 6.07) is 7.73. The first-order chi connectivity index (χ1) is 10.3. The van der Waals surface area contributed by atoms with E-state index >= 15 is 0 Å². The molecule has 3 rings (SSSR count). The van der Waals surface area contributed by atoms with Gasteiger partial charge in [0.1, 0.15) is 17.3 Å². The molecule has 2 aromatic rings. The summed E-state index contributed by atoms with van der Waals surface area (Å²) >= 11 is 0. The molecule has 0 atom stereocenters. The first kappa shape index (κ1) is 13.8. The van der Waals surface area contributed by atoms with Crippen LogP contribution in [0.15, 0.2) is 34.9 Å². The second-order valence-corrected chi connectivity index (χ2v) is 4.80. The molecule has 1 saturated heterocycles. The molecule has 1 fully saturated rings. The van der Waals surface area contributed by atoms with Gasteiger partial charge in [-0.1, -0.05) is 0 Å². The van der Waals surface area contributed by atoms with Crippen molar-refractivity contribution < 1.29 is 18.6 Å². The Balaban J connectivity index is 2.05. The number of anilines is 1. The van der Waals surface area contributed by atoms with E-state index in [2.05, 4.69) is 4.90 Å². The summed E-state index contributed by atoms with van der Waals surface area (Å²) in [6.45, 7) is 3.15. The second kappa shape index (κ2) is 6.10. The quantitative estimate of drug-likeness (QED) is 0.866. The fourth-order valence-electron chi connectivity index (χ4n) is 2.56. The lowest BCUT2D eigenvalue weighted by atomic mass is 10.1. The Morgan fingerprint density at radius 1 is 1.05 bits per heavy atom. The van der Waals surface area contributed by atoms with E-state index in [4.69, 9.17) is 18.6 Å². The molecule has 1 aromatic heterocycles. The molecule has 0 spiro atoms. The van der Waals surface area contributed by atoms with Crippen LogP contribution < -0.4 is 14.4 Å². The number of hydrogen-bond donors (Lipinski definition) is 0. The third-order valence-electron chi connectivity index (χ3n) is 3.64. The largest absolute Gasteiger partial charge is 0.496 e. The van der Waals surface area contributed by atoms with Gasteiger partial charge in [-0.15, -0.1) is 0 Å². The maximum Gasteiger partial charge on any atom is 0.143 e. The number of rotatable bonds is 4. The third kappa shape index (κ3) is 2.69. The molecule has 2 heterocycles. The minimum Gasteiger partial charge on any atom is -0.496 e. The average molecular weight is 289 g/mol. The molecule has 0 N–H and O–H groups in total. The van der Waals surface area contributed by atoms with Crippen molar-refractivity contribution >= 4 is 5.69 Å². The molecule has 0 unspecified atom stereocenters. The topological polar surface area (TPSA) is 44.1 Å². The van der Waals surface area contributed by atoms with Crippen LogP contribution in [0, 0.1) is 0 Å². The first-order valence-corrected chi connectivity index (χ1v) is 6.96. The number of nitrogens with zero attached hydrogens (tertiary/aromatic N) is 1. The molecular weight excluding hydrogens is 270 g/mol. The van der Waals surface area contributed by atoms with Gasteiger partial charge in [-0.2, -0.15) is 0 Å². The summed E-state index contributed by atoms with van der Waals surface area (Å²) in [5, 5.41) is 0. The van der Waals surface area contributed by atoms with Gasteiger partial charge in [0.15, 0.2) is 0 Å². The Morgan fingerprint density at radius 3 is 2.43 bits per heavy atom. The van der Waals surface area contributed by atoms with Gasteiger partial charge in [-0.25, -0.2) is 0 Å². The molecule has 0 bridgehead atoms. The van der Waals surface area contributed by atoms with E-state index in [1.165, 1.54) is 0 Å². The molecule has 5 nitrogen and oxygen atoms in total. The average Bonchev–Trinajstić information content (AvgIpc) is 3.08. The van der Waals surface area contributed by atoms with Crippen LogP contribution in [-0.4, -0.2) is 40.5 Å². The zero-order chi connectivity index (χ0) is 14.7.